The van der Waals surface area contributed by atoms with Crippen molar-refractivity contribution in [2.75, 3.05) is 19.8 Å². The van der Waals surface area contributed by atoms with E-state index in [0.717, 1.165) is 50.2 Å². The van der Waals surface area contributed by atoms with Crippen molar-refractivity contribution in [3.05, 3.63) is 59.7 Å². The van der Waals surface area contributed by atoms with Crippen LogP contribution in [-0.4, -0.2) is 25.8 Å². The Labute approximate surface area is 217 Å². The van der Waals surface area contributed by atoms with Gasteiger partial charge in [0.05, 0.1) is 25.7 Å². The molecule has 0 aliphatic heterocycles. The summed E-state index contributed by atoms with van der Waals surface area (Å²) in [5.41, 5.74) is 2.13. The third-order valence-electron chi connectivity index (χ3n) is 6.35. The average Bonchev–Trinajstić information content (AvgIpc) is 2.89. The standard InChI is InChI=1S/C31H46F2O3/c1-5-9-10-11-12-13-14-29(31(34-21-6-2,35-22-7-3)36-23-8-4)26-17-15-25(16-18-26)28-20-19-27(32)24-30(28)33/h15-20,24,29H,5-14,21-23H2,1-4H3. The lowest BCUT2D eigenvalue weighted by molar-refractivity contribution is -0.392. The van der Waals surface area contributed by atoms with Crippen molar-refractivity contribution in [2.24, 2.45) is 0 Å². The van der Waals surface area contributed by atoms with Gasteiger partial charge in [0.25, 0.3) is 5.97 Å². The normalized spacial score (nSPS) is 12.7. The fourth-order valence-electron chi connectivity index (χ4n) is 4.45. The molecule has 0 spiro atoms. The molecule has 0 bridgehead atoms. The molecule has 0 saturated heterocycles. The van der Waals surface area contributed by atoms with Crippen LogP contribution in [0.1, 0.15) is 103 Å². The molecule has 2 aromatic carbocycles. The van der Waals surface area contributed by atoms with Crippen molar-refractivity contribution in [3.63, 3.8) is 0 Å². The Hall–Kier alpha value is -1.82. The van der Waals surface area contributed by atoms with Crippen molar-refractivity contribution in [1.82, 2.24) is 0 Å². The topological polar surface area (TPSA) is 27.7 Å². The number of hydrogen-bond acceptors (Lipinski definition) is 3. The van der Waals surface area contributed by atoms with Gasteiger partial charge in [0.1, 0.15) is 11.6 Å². The highest BCUT2D eigenvalue weighted by atomic mass is 19.1. The van der Waals surface area contributed by atoms with Gasteiger partial charge >= 0.3 is 0 Å². The summed E-state index contributed by atoms with van der Waals surface area (Å²) >= 11 is 0. The Morgan fingerprint density at radius 2 is 1.22 bits per heavy atom. The lowest BCUT2D eigenvalue weighted by Crippen LogP contribution is -2.46. The molecule has 2 aromatic rings. The van der Waals surface area contributed by atoms with Crippen molar-refractivity contribution >= 4 is 0 Å². The summed E-state index contributed by atoms with van der Waals surface area (Å²) in [6.45, 7) is 10.1. The molecule has 0 fully saturated rings. The first kappa shape index (κ1) is 30.4. The van der Waals surface area contributed by atoms with Crippen molar-refractivity contribution in [1.29, 1.82) is 0 Å². The molecule has 0 aliphatic carbocycles. The van der Waals surface area contributed by atoms with Gasteiger partial charge in [-0.15, -0.1) is 0 Å². The van der Waals surface area contributed by atoms with Crippen LogP contribution in [0.15, 0.2) is 42.5 Å². The molecule has 36 heavy (non-hydrogen) atoms. The first-order valence-electron chi connectivity index (χ1n) is 14.0. The van der Waals surface area contributed by atoms with Crippen LogP contribution in [0.3, 0.4) is 0 Å². The molecule has 1 atom stereocenters. The zero-order valence-corrected chi connectivity index (χ0v) is 22.8. The molecular formula is C31H46F2O3. The molecule has 5 heteroatoms. The van der Waals surface area contributed by atoms with E-state index < -0.39 is 17.6 Å². The Morgan fingerprint density at radius 3 is 1.75 bits per heavy atom. The van der Waals surface area contributed by atoms with E-state index in [1.54, 1.807) is 0 Å². The van der Waals surface area contributed by atoms with Gasteiger partial charge in [-0.25, -0.2) is 8.78 Å². The summed E-state index contributed by atoms with van der Waals surface area (Å²) in [6, 6.07) is 11.5. The average molecular weight is 505 g/mol. The van der Waals surface area contributed by atoms with Gasteiger partial charge in [-0.05, 0) is 48.9 Å². The zero-order valence-electron chi connectivity index (χ0n) is 22.8. The molecule has 0 aliphatic rings. The number of rotatable bonds is 19. The molecule has 3 nitrogen and oxygen atoms in total. The van der Waals surface area contributed by atoms with E-state index in [-0.39, 0.29) is 5.92 Å². The van der Waals surface area contributed by atoms with E-state index in [1.165, 1.54) is 37.8 Å². The summed E-state index contributed by atoms with van der Waals surface area (Å²) in [5, 5.41) is 0. The molecular weight excluding hydrogens is 458 g/mol. The Kier molecular flexibility index (Phi) is 14.2. The quantitative estimate of drug-likeness (QED) is 0.141. The third-order valence-corrected chi connectivity index (χ3v) is 6.35. The highest BCUT2D eigenvalue weighted by Crippen LogP contribution is 2.40. The fraction of sp³-hybridized carbons (Fsp3) is 0.613. The number of benzene rings is 2. The van der Waals surface area contributed by atoms with Gasteiger partial charge in [-0.3, -0.25) is 0 Å². The molecule has 0 radical (unpaired) electrons. The Morgan fingerprint density at radius 1 is 0.667 bits per heavy atom. The Bertz CT molecular complexity index is 832. The monoisotopic (exact) mass is 504 g/mol. The van der Waals surface area contributed by atoms with Gasteiger partial charge in [-0.2, -0.15) is 0 Å². The van der Waals surface area contributed by atoms with Gasteiger partial charge < -0.3 is 14.2 Å². The number of halogens is 2. The molecule has 0 amide bonds. The second kappa shape index (κ2) is 16.8. The predicted molar refractivity (Wildman–Crippen MR) is 144 cm³/mol. The smallest absolute Gasteiger partial charge is 0.290 e. The first-order valence-corrected chi connectivity index (χ1v) is 14.0. The van der Waals surface area contributed by atoms with Crippen LogP contribution in [0, 0.1) is 11.6 Å². The number of unbranched alkanes of at least 4 members (excludes halogenated alkanes) is 5. The summed E-state index contributed by atoms with van der Waals surface area (Å²) in [6.07, 6.45) is 10.6. The lowest BCUT2D eigenvalue weighted by Gasteiger charge is -2.40. The second-order valence-electron chi connectivity index (χ2n) is 9.50. The van der Waals surface area contributed by atoms with Gasteiger partial charge in [0, 0.05) is 11.6 Å². The first-order chi connectivity index (χ1) is 17.5. The Balaban J connectivity index is 2.38. The largest absolute Gasteiger partial charge is 0.327 e. The van der Waals surface area contributed by atoms with Gasteiger partial charge in [0.2, 0.25) is 0 Å². The van der Waals surface area contributed by atoms with Gasteiger partial charge in [0.15, 0.2) is 0 Å². The second-order valence-corrected chi connectivity index (χ2v) is 9.50. The number of ether oxygens (including phenoxy) is 3. The maximum absolute atomic E-state index is 14.4. The molecule has 0 saturated carbocycles. The molecule has 0 heterocycles. The van der Waals surface area contributed by atoms with Crippen LogP contribution in [0.4, 0.5) is 8.78 Å². The van der Waals surface area contributed by atoms with Crippen molar-refractivity contribution in [3.8, 4) is 11.1 Å². The molecule has 0 aromatic heterocycles. The van der Waals surface area contributed by atoms with E-state index in [2.05, 4.69) is 27.7 Å². The minimum atomic E-state index is -1.16. The van der Waals surface area contributed by atoms with Crippen LogP contribution in [0.25, 0.3) is 11.1 Å². The van der Waals surface area contributed by atoms with E-state index in [9.17, 15) is 8.78 Å². The van der Waals surface area contributed by atoms with E-state index in [1.807, 2.05) is 24.3 Å². The molecule has 1 unspecified atom stereocenters. The third kappa shape index (κ3) is 9.24. The zero-order chi connectivity index (χ0) is 26.2. The SMILES string of the molecule is CCCCCCCCC(c1ccc(-c2ccc(F)cc2F)cc1)C(OCCC)(OCCC)OCCC. The minimum absolute atomic E-state index is 0.125. The van der Waals surface area contributed by atoms with Gasteiger partial charge in [-0.1, -0.05) is 90.5 Å². The van der Waals surface area contributed by atoms with Crippen molar-refractivity contribution in [2.45, 2.75) is 104 Å². The van der Waals surface area contributed by atoms with Crippen molar-refractivity contribution < 1.29 is 23.0 Å². The lowest BCUT2D eigenvalue weighted by atomic mass is 9.89. The van der Waals surface area contributed by atoms with E-state index in [0.29, 0.717) is 30.9 Å². The van der Waals surface area contributed by atoms with Crippen LogP contribution in [0.5, 0.6) is 0 Å². The van der Waals surface area contributed by atoms with Crippen LogP contribution < -0.4 is 0 Å². The number of hydrogen-bond donors (Lipinski definition) is 0. The maximum Gasteiger partial charge on any atom is 0.290 e. The summed E-state index contributed by atoms with van der Waals surface area (Å²) in [7, 11) is 0. The molecule has 202 valence electrons. The summed E-state index contributed by atoms with van der Waals surface area (Å²) in [4.78, 5) is 0. The van der Waals surface area contributed by atoms with E-state index in [4.69, 9.17) is 14.2 Å². The predicted octanol–water partition coefficient (Wildman–Crippen LogP) is 9.40. The summed E-state index contributed by atoms with van der Waals surface area (Å²) in [5.74, 6) is -2.43. The fourth-order valence-corrected chi connectivity index (χ4v) is 4.45. The van der Waals surface area contributed by atoms with Crippen LogP contribution >= 0.6 is 0 Å². The molecule has 0 N–H and O–H groups in total. The molecule has 2 rings (SSSR count). The minimum Gasteiger partial charge on any atom is -0.327 e. The highest BCUT2D eigenvalue weighted by Gasteiger charge is 2.43. The van der Waals surface area contributed by atoms with Crippen LogP contribution in [-0.2, 0) is 14.2 Å². The van der Waals surface area contributed by atoms with Crippen LogP contribution in [0.2, 0.25) is 0 Å². The van der Waals surface area contributed by atoms with E-state index >= 15 is 0 Å². The summed E-state index contributed by atoms with van der Waals surface area (Å²) < 4.78 is 47.0. The highest BCUT2D eigenvalue weighted by molar-refractivity contribution is 5.64. The maximum atomic E-state index is 14.4.